The Hall–Kier alpha value is -0.610. The molecule has 0 unspecified atom stereocenters. The van der Waals surface area contributed by atoms with Crippen molar-refractivity contribution in [3.8, 4) is 0 Å². The molecule has 0 spiro atoms. The fourth-order valence-corrected chi connectivity index (χ4v) is 2.68. The molecule has 0 bridgehead atoms. The number of hydrogen-bond acceptors (Lipinski definition) is 3. The van der Waals surface area contributed by atoms with Gasteiger partial charge in [0, 0.05) is 26.7 Å². The van der Waals surface area contributed by atoms with Gasteiger partial charge in [0.25, 0.3) is 0 Å². The van der Waals surface area contributed by atoms with Crippen molar-refractivity contribution in [2.45, 2.75) is 32.6 Å². The molecule has 0 aliphatic heterocycles. The molecule has 0 saturated heterocycles. The van der Waals surface area contributed by atoms with Crippen molar-refractivity contribution in [2.24, 2.45) is 17.1 Å². The normalized spacial score (nSPS) is 28.4. The second kappa shape index (κ2) is 6.53. The molecule has 1 aliphatic carbocycles. The molecule has 0 aromatic heterocycles. The number of nitrogens with zero attached hydrogens (tertiary/aromatic N) is 2. The van der Waals surface area contributed by atoms with Gasteiger partial charge in [0.05, 0.1) is 5.41 Å². The third kappa shape index (κ3) is 3.69. The van der Waals surface area contributed by atoms with E-state index in [1.54, 1.807) is 0 Å². The van der Waals surface area contributed by atoms with Crippen LogP contribution >= 0.6 is 0 Å². The minimum Gasteiger partial charge on any atom is -0.344 e. The van der Waals surface area contributed by atoms with Gasteiger partial charge >= 0.3 is 0 Å². The molecule has 106 valence electrons. The van der Waals surface area contributed by atoms with Crippen molar-refractivity contribution in [3.05, 3.63) is 0 Å². The first-order chi connectivity index (χ1) is 8.41. The largest absolute Gasteiger partial charge is 0.344 e. The minimum absolute atomic E-state index is 0.249. The van der Waals surface area contributed by atoms with Gasteiger partial charge < -0.3 is 15.5 Å². The summed E-state index contributed by atoms with van der Waals surface area (Å²) >= 11 is 0. The molecule has 1 amide bonds. The second-order valence-corrected chi connectivity index (χ2v) is 6.20. The van der Waals surface area contributed by atoms with Crippen LogP contribution in [0.3, 0.4) is 0 Å². The van der Waals surface area contributed by atoms with E-state index in [9.17, 15) is 4.79 Å². The summed E-state index contributed by atoms with van der Waals surface area (Å²) in [5.74, 6) is 0.989. The van der Waals surface area contributed by atoms with E-state index in [0.29, 0.717) is 6.54 Å². The van der Waals surface area contributed by atoms with Gasteiger partial charge in [0.15, 0.2) is 0 Å². The molecule has 1 aliphatic rings. The van der Waals surface area contributed by atoms with Crippen molar-refractivity contribution < 1.29 is 4.79 Å². The number of hydrogen-bond donors (Lipinski definition) is 1. The van der Waals surface area contributed by atoms with Crippen molar-refractivity contribution in [1.29, 1.82) is 0 Å². The van der Waals surface area contributed by atoms with Crippen LogP contribution in [-0.2, 0) is 4.79 Å². The molecule has 4 nitrogen and oxygen atoms in total. The third-order valence-electron chi connectivity index (χ3n) is 4.31. The van der Waals surface area contributed by atoms with Crippen molar-refractivity contribution in [3.63, 3.8) is 0 Å². The van der Waals surface area contributed by atoms with Gasteiger partial charge in [-0.15, -0.1) is 0 Å². The summed E-state index contributed by atoms with van der Waals surface area (Å²) in [6.07, 6.45) is 4.17. The molecule has 1 rings (SSSR count). The standard InChI is InChI=1S/C14H29N3O/c1-12-5-7-14(11-15,8-6-12)13(18)17(4)10-9-16(2)3/h12H,5-11,15H2,1-4H3. The van der Waals surface area contributed by atoms with Gasteiger partial charge in [-0.25, -0.2) is 0 Å². The summed E-state index contributed by atoms with van der Waals surface area (Å²) < 4.78 is 0. The Balaban J connectivity index is 2.61. The molecule has 0 aromatic rings. The van der Waals surface area contributed by atoms with Crippen LogP contribution in [0.4, 0.5) is 0 Å². The van der Waals surface area contributed by atoms with Crippen LogP contribution in [0.1, 0.15) is 32.6 Å². The van der Waals surface area contributed by atoms with Crippen LogP contribution in [0.15, 0.2) is 0 Å². The van der Waals surface area contributed by atoms with E-state index < -0.39 is 0 Å². The summed E-state index contributed by atoms with van der Waals surface area (Å²) in [7, 11) is 5.96. The van der Waals surface area contributed by atoms with E-state index in [1.165, 1.54) is 0 Å². The lowest BCUT2D eigenvalue weighted by molar-refractivity contribution is -0.142. The van der Waals surface area contributed by atoms with E-state index in [1.807, 2.05) is 26.0 Å². The zero-order valence-corrected chi connectivity index (χ0v) is 12.4. The SMILES string of the molecule is CC1CCC(CN)(C(=O)N(C)CCN(C)C)CC1. The molecule has 2 N–H and O–H groups in total. The summed E-state index contributed by atoms with van der Waals surface area (Å²) in [5, 5.41) is 0. The van der Waals surface area contributed by atoms with Crippen LogP contribution in [0, 0.1) is 11.3 Å². The van der Waals surface area contributed by atoms with E-state index in [4.69, 9.17) is 5.73 Å². The summed E-state index contributed by atoms with van der Waals surface area (Å²) in [4.78, 5) is 16.6. The van der Waals surface area contributed by atoms with Crippen LogP contribution < -0.4 is 5.73 Å². The van der Waals surface area contributed by atoms with Gasteiger partial charge in [0.1, 0.15) is 0 Å². The fourth-order valence-electron chi connectivity index (χ4n) is 2.68. The first-order valence-corrected chi connectivity index (χ1v) is 7.01. The average Bonchev–Trinajstić information content (AvgIpc) is 2.36. The summed E-state index contributed by atoms with van der Waals surface area (Å²) in [5.41, 5.74) is 5.64. The highest BCUT2D eigenvalue weighted by atomic mass is 16.2. The van der Waals surface area contributed by atoms with Crippen LogP contribution in [0.25, 0.3) is 0 Å². The zero-order chi connectivity index (χ0) is 13.8. The maximum absolute atomic E-state index is 12.6. The molecular weight excluding hydrogens is 226 g/mol. The summed E-state index contributed by atoms with van der Waals surface area (Å²) in [6.45, 7) is 4.44. The lowest BCUT2D eigenvalue weighted by Gasteiger charge is -2.39. The van der Waals surface area contributed by atoms with E-state index in [-0.39, 0.29) is 11.3 Å². The number of carbonyl (C=O) groups is 1. The average molecular weight is 255 g/mol. The maximum Gasteiger partial charge on any atom is 0.229 e. The zero-order valence-electron chi connectivity index (χ0n) is 12.4. The highest BCUT2D eigenvalue weighted by Crippen LogP contribution is 2.39. The second-order valence-electron chi connectivity index (χ2n) is 6.20. The van der Waals surface area contributed by atoms with E-state index in [0.717, 1.165) is 44.7 Å². The molecule has 1 fully saturated rings. The smallest absolute Gasteiger partial charge is 0.229 e. The maximum atomic E-state index is 12.6. The number of carbonyl (C=O) groups excluding carboxylic acids is 1. The van der Waals surface area contributed by atoms with Crippen LogP contribution in [0.2, 0.25) is 0 Å². The van der Waals surface area contributed by atoms with Gasteiger partial charge in [-0.1, -0.05) is 6.92 Å². The van der Waals surface area contributed by atoms with Crippen molar-refractivity contribution in [1.82, 2.24) is 9.80 Å². The Bertz CT molecular complexity index is 270. The quantitative estimate of drug-likeness (QED) is 0.802. The molecule has 0 radical (unpaired) electrons. The highest BCUT2D eigenvalue weighted by Gasteiger charge is 2.41. The lowest BCUT2D eigenvalue weighted by atomic mass is 9.70. The van der Waals surface area contributed by atoms with Gasteiger partial charge in [-0.2, -0.15) is 0 Å². The van der Waals surface area contributed by atoms with Gasteiger partial charge in [-0.3, -0.25) is 4.79 Å². The van der Waals surface area contributed by atoms with E-state index in [2.05, 4.69) is 11.8 Å². The number of amides is 1. The predicted molar refractivity (Wildman–Crippen MR) is 75.3 cm³/mol. The molecule has 4 heteroatoms. The Labute approximate surface area is 111 Å². The molecule has 0 heterocycles. The molecule has 18 heavy (non-hydrogen) atoms. The van der Waals surface area contributed by atoms with Crippen molar-refractivity contribution in [2.75, 3.05) is 40.8 Å². The number of nitrogens with two attached hydrogens (primary N) is 1. The van der Waals surface area contributed by atoms with Crippen molar-refractivity contribution >= 4 is 5.91 Å². The predicted octanol–water partition coefficient (Wildman–Crippen LogP) is 1.16. The Kier molecular flexibility index (Phi) is 5.60. The minimum atomic E-state index is -0.284. The van der Waals surface area contributed by atoms with Crippen LogP contribution in [-0.4, -0.2) is 56.5 Å². The van der Waals surface area contributed by atoms with Crippen LogP contribution in [0.5, 0.6) is 0 Å². The molecule has 0 atom stereocenters. The molecule has 0 aromatic carbocycles. The molecular formula is C14H29N3O. The number of rotatable bonds is 5. The topological polar surface area (TPSA) is 49.6 Å². The van der Waals surface area contributed by atoms with Gasteiger partial charge in [-0.05, 0) is 45.7 Å². The third-order valence-corrected chi connectivity index (χ3v) is 4.31. The number of likely N-dealkylation sites (N-methyl/N-ethyl adjacent to an activating group) is 2. The summed E-state index contributed by atoms with van der Waals surface area (Å²) in [6, 6.07) is 0. The fraction of sp³-hybridized carbons (Fsp3) is 0.929. The first-order valence-electron chi connectivity index (χ1n) is 7.01. The lowest BCUT2D eigenvalue weighted by Crippen LogP contribution is -2.49. The first kappa shape index (κ1) is 15.4. The monoisotopic (exact) mass is 255 g/mol. The van der Waals surface area contributed by atoms with Gasteiger partial charge in [0.2, 0.25) is 5.91 Å². The van der Waals surface area contributed by atoms with E-state index >= 15 is 0 Å². The Morgan fingerprint density at radius 1 is 1.22 bits per heavy atom. The Morgan fingerprint density at radius 3 is 2.22 bits per heavy atom. The Morgan fingerprint density at radius 2 is 1.78 bits per heavy atom. The highest BCUT2D eigenvalue weighted by molar-refractivity contribution is 5.83. The molecule has 1 saturated carbocycles.